The van der Waals surface area contributed by atoms with Crippen LogP contribution in [-0.4, -0.2) is 18.3 Å². The van der Waals surface area contributed by atoms with Crippen molar-refractivity contribution in [2.24, 2.45) is 0 Å². The first-order chi connectivity index (χ1) is 6.53. The molecule has 0 aliphatic carbocycles. The van der Waals surface area contributed by atoms with Crippen LogP contribution in [0.1, 0.15) is 5.56 Å². The highest BCUT2D eigenvalue weighted by molar-refractivity contribution is 5.27. The Morgan fingerprint density at radius 2 is 1.64 bits per heavy atom. The second-order valence-electron chi connectivity index (χ2n) is 3.27. The van der Waals surface area contributed by atoms with Crippen LogP contribution < -0.4 is 0 Å². The quantitative estimate of drug-likeness (QED) is 0.699. The molecule has 14 heavy (non-hydrogen) atoms. The second kappa shape index (κ2) is 2.96. The minimum absolute atomic E-state index is 0.102. The first kappa shape index (κ1) is 9.48. The number of halogens is 3. The van der Waals surface area contributed by atoms with Gasteiger partial charge in [-0.25, -0.2) is 13.2 Å². The Morgan fingerprint density at radius 1 is 1.07 bits per heavy atom. The van der Waals surface area contributed by atoms with E-state index in [1.807, 2.05) is 0 Å². The van der Waals surface area contributed by atoms with Gasteiger partial charge in [-0.15, -0.1) is 0 Å². The van der Waals surface area contributed by atoms with Gasteiger partial charge in [-0.05, 0) is 6.07 Å². The van der Waals surface area contributed by atoms with E-state index in [0.29, 0.717) is 12.1 Å². The molecule has 1 aliphatic heterocycles. The van der Waals surface area contributed by atoms with Crippen molar-refractivity contribution in [3.05, 3.63) is 35.1 Å². The summed E-state index contributed by atoms with van der Waals surface area (Å²) in [5.41, 5.74) is -1.78. The highest BCUT2D eigenvalue weighted by Crippen LogP contribution is 2.32. The van der Waals surface area contributed by atoms with E-state index in [1.165, 1.54) is 0 Å². The summed E-state index contributed by atoms with van der Waals surface area (Å²) in [4.78, 5) is 0. The van der Waals surface area contributed by atoms with E-state index in [-0.39, 0.29) is 18.8 Å². The van der Waals surface area contributed by atoms with Crippen molar-refractivity contribution in [1.29, 1.82) is 0 Å². The molecule has 1 aliphatic rings. The zero-order valence-corrected chi connectivity index (χ0v) is 7.06. The molecule has 1 fully saturated rings. The third-order valence-corrected chi connectivity index (χ3v) is 2.19. The lowest BCUT2D eigenvalue weighted by Gasteiger charge is -2.36. The van der Waals surface area contributed by atoms with Crippen molar-refractivity contribution in [3.8, 4) is 0 Å². The summed E-state index contributed by atoms with van der Waals surface area (Å²) in [5, 5.41) is 9.62. The minimum atomic E-state index is -1.52. The lowest BCUT2D eigenvalue weighted by Crippen LogP contribution is -2.47. The molecule has 0 saturated carbocycles. The molecule has 2 rings (SSSR count). The van der Waals surface area contributed by atoms with Crippen molar-refractivity contribution in [2.75, 3.05) is 13.2 Å². The van der Waals surface area contributed by atoms with Crippen molar-refractivity contribution >= 4 is 0 Å². The molecule has 0 unspecified atom stereocenters. The monoisotopic (exact) mass is 204 g/mol. The number of hydrogen-bond donors (Lipinski definition) is 1. The van der Waals surface area contributed by atoms with Crippen LogP contribution in [0, 0.1) is 17.5 Å². The third kappa shape index (κ3) is 1.29. The molecule has 0 aromatic heterocycles. The van der Waals surface area contributed by atoms with Crippen molar-refractivity contribution in [1.82, 2.24) is 0 Å². The Morgan fingerprint density at radius 3 is 2.14 bits per heavy atom. The van der Waals surface area contributed by atoms with Crippen LogP contribution >= 0.6 is 0 Å². The number of hydrogen-bond acceptors (Lipinski definition) is 2. The lowest BCUT2D eigenvalue weighted by atomic mass is 9.91. The molecule has 0 amide bonds. The van der Waals surface area contributed by atoms with Gasteiger partial charge in [-0.1, -0.05) is 0 Å². The van der Waals surface area contributed by atoms with Crippen molar-refractivity contribution in [2.45, 2.75) is 5.60 Å². The fraction of sp³-hybridized carbons (Fsp3) is 0.333. The smallest absolute Gasteiger partial charge is 0.161 e. The first-order valence-electron chi connectivity index (χ1n) is 3.98. The molecule has 0 atom stereocenters. The van der Waals surface area contributed by atoms with Gasteiger partial charge in [0, 0.05) is 11.6 Å². The van der Waals surface area contributed by atoms with Gasteiger partial charge in [0.05, 0.1) is 13.2 Å². The predicted molar refractivity (Wildman–Crippen MR) is 41.0 cm³/mol. The van der Waals surface area contributed by atoms with Gasteiger partial charge in [0.25, 0.3) is 0 Å². The maximum Gasteiger partial charge on any atom is 0.161 e. The number of rotatable bonds is 1. The fourth-order valence-corrected chi connectivity index (χ4v) is 1.33. The Labute approximate surface area is 77.9 Å². The first-order valence-corrected chi connectivity index (χ1v) is 3.98. The van der Waals surface area contributed by atoms with Gasteiger partial charge in [0.1, 0.15) is 11.4 Å². The Kier molecular flexibility index (Phi) is 2.01. The Hall–Kier alpha value is -1.07. The zero-order chi connectivity index (χ0) is 10.3. The molecule has 1 saturated heterocycles. The van der Waals surface area contributed by atoms with Gasteiger partial charge in [0.15, 0.2) is 11.6 Å². The van der Waals surface area contributed by atoms with E-state index >= 15 is 0 Å². The lowest BCUT2D eigenvalue weighted by molar-refractivity contribution is -0.186. The molecule has 0 spiro atoms. The van der Waals surface area contributed by atoms with Crippen LogP contribution in [-0.2, 0) is 10.3 Å². The van der Waals surface area contributed by atoms with Crippen molar-refractivity contribution in [3.63, 3.8) is 0 Å². The molecule has 0 radical (unpaired) electrons. The SMILES string of the molecule is OC1(c2cc(F)c(F)cc2F)COC1. The maximum atomic E-state index is 13.1. The van der Waals surface area contributed by atoms with E-state index in [2.05, 4.69) is 4.74 Å². The molecular formula is C9H7F3O2. The summed E-state index contributed by atoms with van der Waals surface area (Å²) in [5.74, 6) is -3.41. The van der Waals surface area contributed by atoms with Crippen LogP contribution in [0.4, 0.5) is 13.2 Å². The second-order valence-corrected chi connectivity index (χ2v) is 3.27. The van der Waals surface area contributed by atoms with E-state index in [1.54, 1.807) is 0 Å². The molecule has 1 heterocycles. The molecule has 76 valence electrons. The largest absolute Gasteiger partial charge is 0.380 e. The molecule has 0 bridgehead atoms. The van der Waals surface area contributed by atoms with E-state index < -0.39 is 23.1 Å². The molecule has 5 heteroatoms. The third-order valence-electron chi connectivity index (χ3n) is 2.19. The van der Waals surface area contributed by atoms with Crippen LogP contribution in [0.2, 0.25) is 0 Å². The standard InChI is InChI=1S/C9H7F3O2/c10-6-2-8(12)7(11)1-5(6)9(13)3-14-4-9/h1-2,13H,3-4H2. The van der Waals surface area contributed by atoms with E-state index in [4.69, 9.17) is 0 Å². The summed E-state index contributed by atoms with van der Waals surface area (Å²) < 4.78 is 43.1. The summed E-state index contributed by atoms with van der Waals surface area (Å²) in [6.07, 6.45) is 0. The maximum absolute atomic E-state index is 13.1. The molecule has 1 aromatic rings. The highest BCUT2D eigenvalue weighted by atomic mass is 19.2. The van der Waals surface area contributed by atoms with E-state index in [0.717, 1.165) is 0 Å². The number of aliphatic hydroxyl groups is 1. The molecule has 1 N–H and O–H groups in total. The van der Waals surface area contributed by atoms with Gasteiger partial charge in [-0.3, -0.25) is 0 Å². The zero-order valence-electron chi connectivity index (χ0n) is 7.06. The average molecular weight is 204 g/mol. The van der Waals surface area contributed by atoms with Crippen molar-refractivity contribution < 1.29 is 23.0 Å². The summed E-state index contributed by atoms with van der Waals surface area (Å²) in [6.45, 7) is -0.204. The van der Waals surface area contributed by atoms with E-state index in [9.17, 15) is 18.3 Å². The number of ether oxygens (including phenoxy) is 1. The van der Waals surface area contributed by atoms with Gasteiger partial charge in [-0.2, -0.15) is 0 Å². The molecule has 1 aromatic carbocycles. The molecule has 2 nitrogen and oxygen atoms in total. The predicted octanol–water partition coefficient (Wildman–Crippen LogP) is 1.32. The van der Waals surface area contributed by atoms with Gasteiger partial charge >= 0.3 is 0 Å². The Bertz CT molecular complexity index is 375. The minimum Gasteiger partial charge on any atom is -0.380 e. The summed E-state index contributed by atoms with van der Waals surface area (Å²) >= 11 is 0. The van der Waals surface area contributed by atoms with Gasteiger partial charge in [0.2, 0.25) is 0 Å². The normalized spacial score (nSPS) is 19.1. The average Bonchev–Trinajstić information content (AvgIpc) is 2.07. The molecular weight excluding hydrogens is 197 g/mol. The Balaban J connectivity index is 2.48. The van der Waals surface area contributed by atoms with Crippen LogP contribution in [0.15, 0.2) is 12.1 Å². The summed E-state index contributed by atoms with van der Waals surface area (Å²) in [7, 11) is 0. The number of benzene rings is 1. The highest BCUT2D eigenvalue weighted by Gasteiger charge is 2.40. The van der Waals surface area contributed by atoms with Gasteiger partial charge < -0.3 is 9.84 Å². The summed E-state index contributed by atoms with van der Waals surface area (Å²) in [6, 6.07) is 1.08. The van der Waals surface area contributed by atoms with Crippen LogP contribution in [0.5, 0.6) is 0 Å². The topological polar surface area (TPSA) is 29.5 Å². The fourth-order valence-electron chi connectivity index (χ4n) is 1.33. The van der Waals surface area contributed by atoms with Crippen LogP contribution in [0.3, 0.4) is 0 Å². The van der Waals surface area contributed by atoms with Crippen LogP contribution in [0.25, 0.3) is 0 Å².